The van der Waals surface area contributed by atoms with Crippen molar-refractivity contribution < 1.29 is 8.85 Å². The zero-order chi connectivity index (χ0) is 8.44. The molecule has 0 aromatic carbocycles. The van der Waals surface area contributed by atoms with Crippen LogP contribution in [0.1, 0.15) is 6.42 Å². The lowest BCUT2D eigenvalue weighted by Gasteiger charge is -2.36. The summed E-state index contributed by atoms with van der Waals surface area (Å²) < 4.78 is 11.6. The van der Waals surface area contributed by atoms with E-state index in [0.29, 0.717) is 0 Å². The monoisotopic (exact) mass is 187 g/mol. The van der Waals surface area contributed by atoms with Crippen LogP contribution in [0.25, 0.3) is 0 Å². The van der Waals surface area contributed by atoms with Crippen molar-refractivity contribution in [3.8, 4) is 0 Å². The lowest BCUT2D eigenvalue weighted by molar-refractivity contribution is 0.0827. The molecule has 3 aliphatic rings. The Kier molecular flexibility index (Phi) is 2.50. The Labute approximate surface area is 74.9 Å². The molecule has 0 saturated carbocycles. The Bertz CT molecular complexity index is 139. The van der Waals surface area contributed by atoms with E-state index in [1.54, 1.807) is 0 Å². The molecule has 0 aromatic rings. The molecule has 70 valence electrons. The van der Waals surface area contributed by atoms with Crippen LogP contribution in [0.3, 0.4) is 0 Å². The summed E-state index contributed by atoms with van der Waals surface area (Å²) in [6, 6.07) is 1.17. The molecule has 0 amide bonds. The van der Waals surface area contributed by atoms with Crippen LogP contribution in [0.2, 0.25) is 12.6 Å². The van der Waals surface area contributed by atoms with Crippen molar-refractivity contribution in [2.24, 2.45) is 0 Å². The van der Waals surface area contributed by atoms with E-state index in [1.807, 2.05) is 0 Å². The summed E-state index contributed by atoms with van der Waals surface area (Å²) in [7, 11) is -1.71. The minimum absolute atomic E-state index is 0.878. The van der Waals surface area contributed by atoms with Crippen molar-refractivity contribution in [2.45, 2.75) is 19.0 Å². The van der Waals surface area contributed by atoms with Gasteiger partial charge >= 0.3 is 8.56 Å². The molecule has 12 heavy (non-hydrogen) atoms. The second-order valence-corrected chi connectivity index (χ2v) is 7.12. The molecule has 3 saturated heterocycles. The molecular formula is C8H17NO2Si. The van der Waals surface area contributed by atoms with Gasteiger partial charge in [0.2, 0.25) is 0 Å². The molecule has 0 aromatic heterocycles. The second-order valence-electron chi connectivity index (χ2n) is 3.78. The third kappa shape index (κ3) is 1.88. The maximum atomic E-state index is 5.82. The average Bonchev–Trinajstić information content (AvgIpc) is 1.93. The fourth-order valence-electron chi connectivity index (χ4n) is 1.93. The van der Waals surface area contributed by atoms with Crippen molar-refractivity contribution in [3.05, 3.63) is 0 Å². The van der Waals surface area contributed by atoms with Crippen LogP contribution in [0.15, 0.2) is 0 Å². The van der Waals surface area contributed by atoms with Gasteiger partial charge in [-0.05, 0) is 25.6 Å². The number of hydrogen-bond acceptors (Lipinski definition) is 3. The van der Waals surface area contributed by atoms with Crippen molar-refractivity contribution in [1.29, 1.82) is 0 Å². The van der Waals surface area contributed by atoms with Gasteiger partial charge in [-0.1, -0.05) is 0 Å². The zero-order valence-corrected chi connectivity index (χ0v) is 8.71. The first-order valence-corrected chi connectivity index (χ1v) is 7.31. The van der Waals surface area contributed by atoms with Gasteiger partial charge in [0.05, 0.1) is 0 Å². The van der Waals surface area contributed by atoms with Gasteiger partial charge in [-0.3, -0.25) is 4.90 Å². The largest absolute Gasteiger partial charge is 0.393 e. The molecule has 3 aliphatic heterocycles. The fraction of sp³-hybridized carbons (Fsp3) is 1.00. The zero-order valence-electron chi connectivity index (χ0n) is 7.71. The first-order valence-electron chi connectivity index (χ1n) is 4.79. The average molecular weight is 187 g/mol. The van der Waals surface area contributed by atoms with Gasteiger partial charge in [-0.2, -0.15) is 0 Å². The van der Waals surface area contributed by atoms with E-state index in [1.165, 1.54) is 19.0 Å². The van der Waals surface area contributed by atoms with E-state index in [-0.39, 0.29) is 0 Å². The maximum Gasteiger partial charge on any atom is 0.335 e. The van der Waals surface area contributed by atoms with Gasteiger partial charge in [0.15, 0.2) is 0 Å². The Hall–Kier alpha value is 0.0969. The smallest absolute Gasteiger partial charge is 0.335 e. The van der Waals surface area contributed by atoms with Crippen molar-refractivity contribution in [2.75, 3.05) is 32.8 Å². The highest BCUT2D eigenvalue weighted by molar-refractivity contribution is 6.66. The predicted octanol–water partition coefficient (Wildman–Crippen LogP) is 0.811. The van der Waals surface area contributed by atoms with Crippen LogP contribution in [0, 0.1) is 0 Å². The molecule has 0 N–H and O–H groups in total. The van der Waals surface area contributed by atoms with Crippen LogP contribution < -0.4 is 0 Å². The van der Waals surface area contributed by atoms with Gasteiger partial charge in [-0.25, -0.2) is 0 Å². The van der Waals surface area contributed by atoms with E-state index in [9.17, 15) is 0 Å². The Balaban J connectivity index is 2.06. The summed E-state index contributed by atoms with van der Waals surface area (Å²) in [6.45, 7) is 7.41. The molecule has 0 atom stereocenters. The van der Waals surface area contributed by atoms with Crippen molar-refractivity contribution >= 4 is 8.56 Å². The minimum atomic E-state index is -1.71. The van der Waals surface area contributed by atoms with Crippen LogP contribution in [0.4, 0.5) is 0 Å². The quantitative estimate of drug-likeness (QED) is 0.524. The second kappa shape index (κ2) is 3.45. The first kappa shape index (κ1) is 8.68. The van der Waals surface area contributed by atoms with E-state index in [2.05, 4.69) is 11.4 Å². The van der Waals surface area contributed by atoms with Crippen LogP contribution in [0.5, 0.6) is 0 Å². The SMILES string of the molecule is C[Si]12CCCN(CCO1)CCO2. The number of fused-ring (bicyclic) bond motifs is 6. The highest BCUT2D eigenvalue weighted by Crippen LogP contribution is 2.20. The summed E-state index contributed by atoms with van der Waals surface area (Å²) in [5.41, 5.74) is 0. The molecule has 0 radical (unpaired) electrons. The number of hydrogen-bond donors (Lipinski definition) is 0. The molecule has 4 heteroatoms. The number of nitrogens with zero attached hydrogens (tertiary/aromatic N) is 1. The van der Waals surface area contributed by atoms with Gasteiger partial charge in [0.25, 0.3) is 0 Å². The Morgan fingerprint density at radius 3 is 2.42 bits per heavy atom. The van der Waals surface area contributed by atoms with Gasteiger partial charge in [-0.15, -0.1) is 0 Å². The van der Waals surface area contributed by atoms with E-state index < -0.39 is 8.56 Å². The highest BCUT2D eigenvalue weighted by Gasteiger charge is 2.34. The Morgan fingerprint density at radius 1 is 1.08 bits per heavy atom. The summed E-state index contributed by atoms with van der Waals surface area (Å²) in [5, 5.41) is 0. The third-order valence-electron chi connectivity index (χ3n) is 2.74. The lowest BCUT2D eigenvalue weighted by atomic mass is 10.4. The third-order valence-corrected chi connectivity index (χ3v) is 5.63. The van der Waals surface area contributed by atoms with Crippen LogP contribution in [-0.4, -0.2) is 46.3 Å². The summed E-state index contributed by atoms with van der Waals surface area (Å²) in [6.07, 6.45) is 1.25. The van der Waals surface area contributed by atoms with E-state index >= 15 is 0 Å². The molecule has 3 nitrogen and oxygen atoms in total. The normalized spacial score (nSPS) is 43.2. The van der Waals surface area contributed by atoms with Gasteiger partial charge in [0.1, 0.15) is 0 Å². The van der Waals surface area contributed by atoms with Gasteiger partial charge in [0, 0.05) is 26.3 Å². The summed E-state index contributed by atoms with van der Waals surface area (Å²) in [5.74, 6) is 0. The predicted molar refractivity (Wildman–Crippen MR) is 49.4 cm³/mol. The molecule has 0 unspecified atom stereocenters. The first-order chi connectivity index (χ1) is 5.79. The van der Waals surface area contributed by atoms with E-state index in [0.717, 1.165) is 26.3 Å². The molecule has 0 aliphatic carbocycles. The van der Waals surface area contributed by atoms with Crippen LogP contribution >= 0.6 is 0 Å². The minimum Gasteiger partial charge on any atom is -0.393 e. The maximum absolute atomic E-state index is 5.82. The lowest BCUT2D eigenvalue weighted by Crippen LogP contribution is -2.49. The van der Waals surface area contributed by atoms with E-state index in [4.69, 9.17) is 8.85 Å². The van der Waals surface area contributed by atoms with Crippen LogP contribution in [-0.2, 0) is 8.85 Å². The summed E-state index contributed by atoms with van der Waals surface area (Å²) in [4.78, 5) is 2.44. The molecule has 3 rings (SSSR count). The fourth-order valence-corrected chi connectivity index (χ4v) is 4.14. The summed E-state index contributed by atoms with van der Waals surface area (Å²) >= 11 is 0. The molecular weight excluding hydrogens is 170 g/mol. The van der Waals surface area contributed by atoms with Gasteiger partial charge < -0.3 is 8.85 Å². The standard InChI is InChI=1S/C8H17NO2Si/c1-12-8-2-3-9(4-6-10-12)5-7-11-12/h2-8H2,1H3. The molecule has 3 fully saturated rings. The molecule has 2 bridgehead atoms. The van der Waals surface area contributed by atoms with Crippen molar-refractivity contribution in [1.82, 2.24) is 4.90 Å². The highest BCUT2D eigenvalue weighted by atomic mass is 28.4. The Morgan fingerprint density at radius 2 is 1.75 bits per heavy atom. The molecule has 0 spiro atoms. The van der Waals surface area contributed by atoms with Crippen molar-refractivity contribution in [3.63, 3.8) is 0 Å². The molecule has 3 heterocycles. The topological polar surface area (TPSA) is 21.7 Å². The number of rotatable bonds is 0.